The first-order valence-electron chi connectivity index (χ1n) is 8.82. The highest BCUT2D eigenvalue weighted by Crippen LogP contribution is 2.43. The lowest BCUT2D eigenvalue weighted by Gasteiger charge is -2.56. The highest BCUT2D eigenvalue weighted by Gasteiger charge is 2.60. The van der Waals surface area contributed by atoms with Crippen LogP contribution >= 0.6 is 0 Å². The monoisotopic (exact) mass is 371 g/mol. The van der Waals surface area contributed by atoms with E-state index in [1.165, 1.54) is 14.2 Å². The van der Waals surface area contributed by atoms with Crippen LogP contribution in [-0.2, 0) is 25.5 Å². The third kappa shape index (κ3) is 3.51. The molecule has 0 bridgehead atoms. The van der Waals surface area contributed by atoms with Gasteiger partial charge in [-0.05, 0) is 19.4 Å². The lowest BCUT2D eigenvalue weighted by Crippen LogP contribution is -2.70. The van der Waals surface area contributed by atoms with Crippen LogP contribution in [0.15, 0.2) is 30.3 Å². The van der Waals surface area contributed by atoms with E-state index in [0.717, 1.165) is 5.56 Å². The summed E-state index contributed by atoms with van der Waals surface area (Å²) in [4.78, 5) is 1.99. The van der Waals surface area contributed by atoms with Crippen LogP contribution in [0.2, 0.25) is 0 Å². The highest BCUT2D eigenvalue weighted by atomic mass is 19.3. The molecule has 1 aromatic carbocycles. The molecule has 0 spiro atoms. The molecule has 3 rings (SSSR count). The molecule has 0 aliphatic carbocycles. The van der Waals surface area contributed by atoms with Crippen molar-refractivity contribution in [2.24, 2.45) is 5.92 Å². The van der Waals surface area contributed by atoms with Crippen LogP contribution < -0.4 is 0 Å². The van der Waals surface area contributed by atoms with E-state index in [4.69, 9.17) is 18.9 Å². The minimum atomic E-state index is -2.52. The van der Waals surface area contributed by atoms with Crippen LogP contribution in [0.25, 0.3) is 0 Å². The predicted molar refractivity (Wildman–Crippen MR) is 91.8 cm³/mol. The van der Waals surface area contributed by atoms with Gasteiger partial charge in [-0.15, -0.1) is 0 Å². The van der Waals surface area contributed by atoms with E-state index >= 15 is 0 Å². The lowest BCUT2D eigenvalue weighted by molar-refractivity contribution is -0.459. The Kier molecular flexibility index (Phi) is 5.65. The van der Waals surface area contributed by atoms with Crippen LogP contribution in [0.3, 0.4) is 0 Å². The van der Waals surface area contributed by atoms with Crippen molar-refractivity contribution in [2.75, 3.05) is 27.3 Å². The average Bonchev–Trinajstić information content (AvgIpc) is 2.63. The second-order valence-corrected chi connectivity index (χ2v) is 7.22. The van der Waals surface area contributed by atoms with Crippen molar-refractivity contribution in [1.82, 2.24) is 4.90 Å². The smallest absolute Gasteiger partial charge is 0.245 e. The summed E-state index contributed by atoms with van der Waals surface area (Å²) in [5.41, 5.74) is 1.08. The van der Waals surface area contributed by atoms with Gasteiger partial charge in [-0.1, -0.05) is 30.3 Å². The fraction of sp³-hybridized carbons (Fsp3) is 0.684. The van der Waals surface area contributed by atoms with Crippen LogP contribution in [0.4, 0.5) is 8.78 Å². The summed E-state index contributed by atoms with van der Waals surface area (Å²) < 4.78 is 50.7. The summed E-state index contributed by atoms with van der Waals surface area (Å²) in [6.45, 7) is 4.68. The van der Waals surface area contributed by atoms with Crippen LogP contribution in [0, 0.1) is 5.92 Å². The van der Waals surface area contributed by atoms with Gasteiger partial charge in [0.1, 0.15) is 6.10 Å². The maximum atomic E-state index is 13.8. The standard InChI is InChI=1S/C19H27F2NO4/c1-18(23-3)19(2,24-4)26-16-14(17(20)21)11-22(12-15(16)25-18)10-13-8-6-5-7-9-13/h5-9,14-17H,10-12H2,1-4H3. The first-order chi connectivity index (χ1) is 12.3. The van der Waals surface area contributed by atoms with Crippen molar-refractivity contribution in [1.29, 1.82) is 0 Å². The fourth-order valence-corrected chi connectivity index (χ4v) is 3.80. The van der Waals surface area contributed by atoms with E-state index in [9.17, 15) is 8.78 Å². The summed E-state index contributed by atoms with van der Waals surface area (Å²) in [6.07, 6.45) is -3.80. The molecular weight excluding hydrogens is 344 g/mol. The molecule has 2 saturated heterocycles. The Labute approximate surface area is 153 Å². The Morgan fingerprint density at radius 1 is 1.08 bits per heavy atom. The van der Waals surface area contributed by atoms with E-state index < -0.39 is 36.1 Å². The van der Waals surface area contributed by atoms with Gasteiger partial charge in [0.15, 0.2) is 0 Å². The SMILES string of the molecule is COC1(C)OC2CN(Cc3ccccc3)CC(C(F)F)C2OC1(C)OC. The number of nitrogens with zero attached hydrogens (tertiary/aromatic N) is 1. The minimum absolute atomic E-state index is 0.237. The molecule has 0 radical (unpaired) electrons. The summed E-state index contributed by atoms with van der Waals surface area (Å²) in [5.74, 6) is -3.42. The average molecular weight is 371 g/mol. The van der Waals surface area contributed by atoms with Crippen molar-refractivity contribution in [2.45, 2.75) is 50.6 Å². The summed E-state index contributed by atoms with van der Waals surface area (Å²) >= 11 is 0. The van der Waals surface area contributed by atoms with Crippen molar-refractivity contribution < 1.29 is 27.7 Å². The quantitative estimate of drug-likeness (QED) is 0.796. The van der Waals surface area contributed by atoms with E-state index in [2.05, 4.69) is 0 Å². The number of rotatable bonds is 5. The number of likely N-dealkylation sites (tertiary alicyclic amines) is 1. The number of benzene rings is 1. The molecule has 7 heteroatoms. The van der Waals surface area contributed by atoms with Gasteiger partial charge in [0.25, 0.3) is 0 Å². The Morgan fingerprint density at radius 2 is 1.69 bits per heavy atom. The Hall–Kier alpha value is -1.12. The fourth-order valence-electron chi connectivity index (χ4n) is 3.80. The van der Waals surface area contributed by atoms with Crippen molar-refractivity contribution >= 4 is 0 Å². The van der Waals surface area contributed by atoms with Gasteiger partial charge < -0.3 is 18.9 Å². The first-order valence-corrected chi connectivity index (χ1v) is 8.82. The van der Waals surface area contributed by atoms with Crippen LogP contribution in [0.1, 0.15) is 19.4 Å². The van der Waals surface area contributed by atoms with Gasteiger partial charge in [-0.2, -0.15) is 0 Å². The van der Waals surface area contributed by atoms with Crippen LogP contribution in [-0.4, -0.2) is 62.4 Å². The molecule has 146 valence electrons. The third-order valence-corrected chi connectivity index (χ3v) is 5.61. The maximum Gasteiger partial charge on any atom is 0.245 e. The zero-order chi connectivity index (χ0) is 18.9. The van der Waals surface area contributed by atoms with Gasteiger partial charge in [0.05, 0.1) is 12.0 Å². The number of piperidine rings is 1. The summed E-state index contributed by atoms with van der Waals surface area (Å²) in [7, 11) is 2.96. The second-order valence-electron chi connectivity index (χ2n) is 7.22. The molecule has 0 amide bonds. The molecule has 26 heavy (non-hydrogen) atoms. The number of halogens is 2. The molecule has 2 fully saturated rings. The summed E-state index contributed by atoms with van der Waals surface area (Å²) in [6, 6.07) is 9.80. The summed E-state index contributed by atoms with van der Waals surface area (Å²) in [5, 5.41) is 0. The number of methoxy groups -OCH3 is 2. The van der Waals surface area contributed by atoms with Crippen molar-refractivity contribution in [3.05, 3.63) is 35.9 Å². The molecule has 0 N–H and O–H groups in total. The number of fused-ring (bicyclic) bond motifs is 1. The Morgan fingerprint density at radius 3 is 2.27 bits per heavy atom. The van der Waals surface area contributed by atoms with E-state index in [0.29, 0.717) is 13.1 Å². The number of ether oxygens (including phenoxy) is 4. The van der Waals surface area contributed by atoms with Gasteiger partial charge in [0, 0.05) is 33.9 Å². The number of hydrogen-bond acceptors (Lipinski definition) is 5. The first kappa shape index (κ1) is 19.6. The van der Waals surface area contributed by atoms with Crippen molar-refractivity contribution in [3.8, 4) is 0 Å². The van der Waals surface area contributed by atoms with E-state index in [1.807, 2.05) is 35.2 Å². The molecule has 2 aliphatic rings. The minimum Gasteiger partial charge on any atom is -0.349 e. The molecular formula is C19H27F2NO4. The molecule has 2 aliphatic heterocycles. The Balaban J connectivity index is 1.83. The van der Waals surface area contributed by atoms with Gasteiger partial charge >= 0.3 is 0 Å². The predicted octanol–water partition coefficient (Wildman–Crippen LogP) is 2.89. The van der Waals surface area contributed by atoms with Crippen LogP contribution in [0.5, 0.6) is 0 Å². The zero-order valence-corrected chi connectivity index (χ0v) is 15.7. The highest BCUT2D eigenvalue weighted by molar-refractivity contribution is 5.15. The van der Waals surface area contributed by atoms with E-state index in [-0.39, 0.29) is 6.54 Å². The molecule has 2 heterocycles. The largest absolute Gasteiger partial charge is 0.349 e. The lowest BCUT2D eigenvalue weighted by atomic mass is 9.89. The Bertz CT molecular complexity index is 604. The van der Waals surface area contributed by atoms with Gasteiger partial charge in [-0.3, -0.25) is 4.90 Å². The second kappa shape index (κ2) is 7.48. The molecule has 5 unspecified atom stereocenters. The maximum absolute atomic E-state index is 13.8. The molecule has 0 aromatic heterocycles. The topological polar surface area (TPSA) is 40.2 Å². The molecule has 5 atom stereocenters. The normalized spacial score (nSPS) is 38.3. The number of alkyl halides is 2. The number of hydrogen-bond donors (Lipinski definition) is 0. The van der Waals surface area contributed by atoms with Gasteiger partial charge in [0.2, 0.25) is 18.0 Å². The third-order valence-electron chi connectivity index (χ3n) is 5.61. The molecule has 5 nitrogen and oxygen atoms in total. The van der Waals surface area contributed by atoms with Gasteiger partial charge in [-0.25, -0.2) is 8.78 Å². The van der Waals surface area contributed by atoms with E-state index in [1.54, 1.807) is 13.8 Å². The van der Waals surface area contributed by atoms with Crippen molar-refractivity contribution in [3.63, 3.8) is 0 Å². The molecule has 0 saturated carbocycles. The molecule has 1 aromatic rings. The zero-order valence-electron chi connectivity index (χ0n) is 15.7.